The predicted molar refractivity (Wildman–Crippen MR) is 44.6 cm³/mol. The fourth-order valence-corrected chi connectivity index (χ4v) is 0.994. The van der Waals surface area contributed by atoms with Gasteiger partial charge in [0.2, 0.25) is 5.78 Å². The molecule has 1 aromatic carbocycles. The zero-order valence-electron chi connectivity index (χ0n) is 6.23. The maximum absolute atomic E-state index is 12.4. The molecule has 0 unspecified atom stereocenters. The molecule has 0 amide bonds. The molecule has 5 heteroatoms. The highest BCUT2D eigenvalue weighted by Gasteiger charge is 2.35. The summed E-state index contributed by atoms with van der Waals surface area (Å²) in [6, 6.07) is 3.91. The molecule has 0 saturated heterocycles. The van der Waals surface area contributed by atoms with Crippen LogP contribution in [0, 0.1) is 5.82 Å². The van der Waals surface area contributed by atoms with E-state index in [0.717, 1.165) is 24.3 Å². The Hall–Kier alpha value is -0.840. The Balaban J connectivity index is 2.97. The van der Waals surface area contributed by atoms with Crippen LogP contribution in [0.4, 0.5) is 13.2 Å². The first kappa shape index (κ1) is 10.2. The highest BCUT2D eigenvalue weighted by molar-refractivity contribution is 9.10. The molecule has 70 valence electrons. The summed E-state index contributed by atoms with van der Waals surface area (Å²) in [6.07, 6.45) is 0. The fourth-order valence-electron chi connectivity index (χ4n) is 0.765. The van der Waals surface area contributed by atoms with Crippen LogP contribution in [0.15, 0.2) is 24.3 Å². The number of ketones is 1. The number of hydrogen-bond donors (Lipinski definition) is 0. The maximum atomic E-state index is 12.4. The lowest BCUT2D eigenvalue weighted by Crippen LogP contribution is -2.20. The van der Waals surface area contributed by atoms with Crippen molar-refractivity contribution >= 4 is 21.7 Å². The van der Waals surface area contributed by atoms with Gasteiger partial charge in [-0.25, -0.2) is 4.39 Å². The minimum Gasteiger partial charge on any atom is -0.286 e. The summed E-state index contributed by atoms with van der Waals surface area (Å²) in [4.78, 5) is 7.27. The van der Waals surface area contributed by atoms with E-state index in [1.165, 1.54) is 0 Å². The molecule has 1 rings (SSSR count). The molecule has 0 aliphatic rings. The number of halogens is 4. The normalized spacial score (nSPS) is 11.4. The third-order valence-electron chi connectivity index (χ3n) is 1.36. The van der Waals surface area contributed by atoms with Crippen molar-refractivity contribution in [3.8, 4) is 0 Å². The number of carbonyl (C=O) groups excluding carboxylic acids is 1. The van der Waals surface area contributed by atoms with Gasteiger partial charge in [-0.2, -0.15) is 8.78 Å². The Morgan fingerprint density at radius 2 is 1.69 bits per heavy atom. The largest absolute Gasteiger partial charge is 0.363 e. The lowest BCUT2D eigenvalue weighted by atomic mass is 10.1. The van der Waals surface area contributed by atoms with E-state index in [4.69, 9.17) is 0 Å². The van der Waals surface area contributed by atoms with Crippen LogP contribution in [0.1, 0.15) is 10.4 Å². The predicted octanol–water partition coefficient (Wildman–Crippen LogP) is 3.00. The van der Waals surface area contributed by atoms with Crippen LogP contribution in [0.3, 0.4) is 0 Å². The first-order valence-corrected chi connectivity index (χ1v) is 4.07. The third-order valence-corrected chi connectivity index (χ3v) is 1.72. The van der Waals surface area contributed by atoms with E-state index < -0.39 is 16.4 Å². The standard InChI is InChI=1S/C8H4BrF3O/c9-8(11,12)7(13)5-1-3-6(10)4-2-5/h1-4H. The first-order valence-electron chi connectivity index (χ1n) is 3.28. The molecular formula is C8H4BrF3O. The van der Waals surface area contributed by atoms with Gasteiger partial charge in [0.05, 0.1) is 0 Å². The number of Topliss-reactive ketones (excluding diaryl/α,β-unsaturated/α-hetero) is 1. The number of carbonyl (C=O) groups is 1. The van der Waals surface area contributed by atoms with E-state index in [-0.39, 0.29) is 5.56 Å². The van der Waals surface area contributed by atoms with E-state index in [0.29, 0.717) is 0 Å². The van der Waals surface area contributed by atoms with Gasteiger partial charge in [0.15, 0.2) is 0 Å². The summed E-state index contributed by atoms with van der Waals surface area (Å²) >= 11 is 1.92. The molecular weight excluding hydrogens is 249 g/mol. The van der Waals surface area contributed by atoms with E-state index in [2.05, 4.69) is 0 Å². The van der Waals surface area contributed by atoms with Crippen LogP contribution >= 0.6 is 15.9 Å². The summed E-state index contributed by atoms with van der Waals surface area (Å²) in [7, 11) is 0. The lowest BCUT2D eigenvalue weighted by Gasteiger charge is -2.05. The summed E-state index contributed by atoms with van der Waals surface area (Å²) in [6.45, 7) is 0. The van der Waals surface area contributed by atoms with Crippen LogP contribution in [-0.2, 0) is 0 Å². The number of benzene rings is 1. The Bertz CT molecular complexity index is 315. The van der Waals surface area contributed by atoms with Crippen molar-refractivity contribution in [2.75, 3.05) is 0 Å². The van der Waals surface area contributed by atoms with Crippen molar-refractivity contribution in [2.45, 2.75) is 4.83 Å². The Morgan fingerprint density at radius 3 is 2.08 bits per heavy atom. The molecule has 1 nitrogen and oxygen atoms in total. The molecule has 0 spiro atoms. The van der Waals surface area contributed by atoms with Crippen molar-refractivity contribution in [1.82, 2.24) is 0 Å². The van der Waals surface area contributed by atoms with Gasteiger partial charge < -0.3 is 0 Å². The molecule has 0 bridgehead atoms. The second-order valence-electron chi connectivity index (χ2n) is 2.33. The van der Waals surface area contributed by atoms with Crippen LogP contribution < -0.4 is 0 Å². The molecule has 0 radical (unpaired) electrons. The topological polar surface area (TPSA) is 17.1 Å². The summed E-state index contributed by atoms with van der Waals surface area (Å²) in [5, 5.41) is 0. The monoisotopic (exact) mass is 252 g/mol. The molecule has 13 heavy (non-hydrogen) atoms. The Kier molecular flexibility index (Phi) is 2.75. The van der Waals surface area contributed by atoms with Crippen LogP contribution in [0.2, 0.25) is 0 Å². The van der Waals surface area contributed by atoms with Gasteiger partial charge in [-0.05, 0) is 40.2 Å². The molecule has 0 fully saturated rings. The van der Waals surface area contributed by atoms with Crippen LogP contribution in [0.25, 0.3) is 0 Å². The first-order chi connectivity index (χ1) is 5.91. The van der Waals surface area contributed by atoms with Crippen molar-refractivity contribution in [3.63, 3.8) is 0 Å². The summed E-state index contributed by atoms with van der Waals surface area (Å²) in [5.41, 5.74) is -0.233. The number of rotatable bonds is 2. The average molecular weight is 253 g/mol. The van der Waals surface area contributed by atoms with E-state index in [9.17, 15) is 18.0 Å². The van der Waals surface area contributed by atoms with Gasteiger partial charge in [-0.15, -0.1) is 0 Å². The van der Waals surface area contributed by atoms with Crippen molar-refractivity contribution in [1.29, 1.82) is 0 Å². The zero-order valence-corrected chi connectivity index (χ0v) is 7.82. The highest BCUT2D eigenvalue weighted by atomic mass is 79.9. The fraction of sp³-hybridized carbons (Fsp3) is 0.125. The molecule has 0 aromatic heterocycles. The Labute approximate surface area is 80.7 Å². The summed E-state index contributed by atoms with van der Waals surface area (Å²) in [5.74, 6) is -1.96. The van der Waals surface area contributed by atoms with Gasteiger partial charge in [0.25, 0.3) is 0 Å². The zero-order chi connectivity index (χ0) is 10.1. The minimum atomic E-state index is -3.59. The van der Waals surface area contributed by atoms with Gasteiger partial charge in [-0.1, -0.05) is 0 Å². The van der Waals surface area contributed by atoms with Gasteiger partial charge in [-0.3, -0.25) is 4.79 Å². The van der Waals surface area contributed by atoms with E-state index in [1.807, 2.05) is 15.9 Å². The molecule has 0 heterocycles. The SMILES string of the molecule is O=C(c1ccc(F)cc1)C(F)(F)Br. The highest BCUT2D eigenvalue weighted by Crippen LogP contribution is 2.26. The third kappa shape index (κ3) is 2.55. The molecule has 0 N–H and O–H groups in total. The average Bonchev–Trinajstić information content (AvgIpc) is 2.03. The van der Waals surface area contributed by atoms with Gasteiger partial charge in [0, 0.05) is 5.56 Å². The maximum Gasteiger partial charge on any atom is 0.363 e. The number of hydrogen-bond acceptors (Lipinski definition) is 1. The second kappa shape index (κ2) is 3.49. The molecule has 0 aliphatic carbocycles. The van der Waals surface area contributed by atoms with Crippen LogP contribution in [0.5, 0.6) is 0 Å². The molecule has 0 aliphatic heterocycles. The van der Waals surface area contributed by atoms with E-state index >= 15 is 0 Å². The van der Waals surface area contributed by atoms with Gasteiger partial charge in [0.1, 0.15) is 5.82 Å². The second-order valence-corrected chi connectivity index (χ2v) is 3.33. The van der Waals surface area contributed by atoms with E-state index in [1.54, 1.807) is 0 Å². The minimum absolute atomic E-state index is 0.233. The molecule has 0 saturated carbocycles. The lowest BCUT2D eigenvalue weighted by molar-refractivity contribution is 0.0592. The number of alkyl halides is 3. The Morgan fingerprint density at radius 1 is 1.23 bits per heavy atom. The van der Waals surface area contributed by atoms with Crippen molar-refractivity contribution < 1.29 is 18.0 Å². The van der Waals surface area contributed by atoms with Crippen molar-refractivity contribution in [3.05, 3.63) is 35.6 Å². The quantitative estimate of drug-likeness (QED) is 0.584. The van der Waals surface area contributed by atoms with Crippen molar-refractivity contribution in [2.24, 2.45) is 0 Å². The van der Waals surface area contributed by atoms with Crippen LogP contribution in [-0.4, -0.2) is 10.6 Å². The summed E-state index contributed by atoms with van der Waals surface area (Å²) < 4.78 is 37.1. The smallest absolute Gasteiger partial charge is 0.286 e. The molecule has 0 atom stereocenters. The van der Waals surface area contributed by atoms with Gasteiger partial charge >= 0.3 is 4.83 Å². The molecule has 1 aromatic rings.